The van der Waals surface area contributed by atoms with Crippen LogP contribution < -0.4 is 14.8 Å². The summed E-state index contributed by atoms with van der Waals surface area (Å²) in [5, 5.41) is 3.08. The van der Waals surface area contributed by atoms with Crippen molar-refractivity contribution in [2.45, 2.75) is 44.2 Å². The van der Waals surface area contributed by atoms with Crippen LogP contribution in [0.15, 0.2) is 12.4 Å². The minimum absolute atomic E-state index is 0.0161. The third kappa shape index (κ3) is 4.18. The zero-order valence-corrected chi connectivity index (χ0v) is 14.6. The van der Waals surface area contributed by atoms with Gasteiger partial charge in [-0.2, -0.15) is 0 Å². The SMILES string of the molecule is COc1nccnc1OC1CCC(NC(=O)C2CC(=O)N(C)C2)CC1. The second-order valence-electron chi connectivity index (χ2n) is 6.65. The number of amides is 2. The van der Waals surface area contributed by atoms with Crippen molar-refractivity contribution in [2.24, 2.45) is 5.92 Å². The van der Waals surface area contributed by atoms with Gasteiger partial charge in [0, 0.05) is 38.4 Å². The van der Waals surface area contributed by atoms with Crippen LogP contribution in [0.1, 0.15) is 32.1 Å². The Labute approximate surface area is 146 Å². The molecule has 3 rings (SSSR count). The summed E-state index contributed by atoms with van der Waals surface area (Å²) < 4.78 is 11.0. The molecule has 2 amide bonds. The quantitative estimate of drug-likeness (QED) is 0.845. The molecule has 0 radical (unpaired) electrons. The second kappa shape index (κ2) is 7.67. The summed E-state index contributed by atoms with van der Waals surface area (Å²) in [5.74, 6) is 0.584. The molecule has 1 aromatic rings. The molecule has 136 valence electrons. The van der Waals surface area contributed by atoms with Crippen LogP contribution in [0.4, 0.5) is 0 Å². The third-order valence-corrected chi connectivity index (χ3v) is 4.84. The average molecular weight is 348 g/mol. The fraction of sp³-hybridized carbons (Fsp3) is 0.647. The molecule has 1 unspecified atom stereocenters. The van der Waals surface area contributed by atoms with Crippen molar-refractivity contribution in [1.82, 2.24) is 20.2 Å². The van der Waals surface area contributed by atoms with Gasteiger partial charge in [-0.1, -0.05) is 0 Å². The monoisotopic (exact) mass is 348 g/mol. The van der Waals surface area contributed by atoms with Gasteiger partial charge in [0.15, 0.2) is 0 Å². The number of carbonyl (C=O) groups is 2. The molecule has 0 spiro atoms. The van der Waals surface area contributed by atoms with E-state index >= 15 is 0 Å². The largest absolute Gasteiger partial charge is 0.477 e. The number of carbonyl (C=O) groups excluding carboxylic acids is 2. The Balaban J connectivity index is 1.46. The molecular formula is C17H24N4O4. The Hall–Kier alpha value is -2.38. The molecule has 8 heteroatoms. The van der Waals surface area contributed by atoms with Crippen LogP contribution in [-0.2, 0) is 9.59 Å². The van der Waals surface area contributed by atoms with Crippen molar-refractivity contribution in [3.63, 3.8) is 0 Å². The fourth-order valence-electron chi connectivity index (χ4n) is 3.37. The first kappa shape index (κ1) is 17.4. The number of methoxy groups -OCH3 is 1. The van der Waals surface area contributed by atoms with E-state index in [1.807, 2.05) is 0 Å². The maximum atomic E-state index is 12.3. The van der Waals surface area contributed by atoms with Crippen LogP contribution in [0.3, 0.4) is 0 Å². The summed E-state index contributed by atoms with van der Waals surface area (Å²) in [6.45, 7) is 0.510. The van der Waals surface area contributed by atoms with Crippen molar-refractivity contribution in [1.29, 1.82) is 0 Å². The molecule has 8 nitrogen and oxygen atoms in total. The van der Waals surface area contributed by atoms with E-state index in [2.05, 4.69) is 15.3 Å². The third-order valence-electron chi connectivity index (χ3n) is 4.84. The molecule has 1 aromatic heterocycles. The van der Waals surface area contributed by atoms with Crippen LogP contribution in [0.2, 0.25) is 0 Å². The molecule has 2 aliphatic rings. The Bertz CT molecular complexity index is 631. The summed E-state index contributed by atoms with van der Waals surface area (Å²) in [6.07, 6.45) is 6.83. The fourth-order valence-corrected chi connectivity index (χ4v) is 3.37. The molecule has 1 atom stereocenters. The lowest BCUT2D eigenvalue weighted by Gasteiger charge is -2.29. The molecule has 0 aromatic carbocycles. The van der Waals surface area contributed by atoms with Gasteiger partial charge in [0.1, 0.15) is 6.10 Å². The number of nitrogens with zero attached hydrogens (tertiary/aromatic N) is 3. The van der Waals surface area contributed by atoms with E-state index in [0.29, 0.717) is 24.7 Å². The summed E-state index contributed by atoms with van der Waals surface area (Å²) in [4.78, 5) is 33.7. The van der Waals surface area contributed by atoms with Crippen molar-refractivity contribution in [2.75, 3.05) is 20.7 Å². The highest BCUT2D eigenvalue weighted by molar-refractivity contribution is 5.89. The minimum Gasteiger partial charge on any atom is -0.477 e. The Kier molecular flexibility index (Phi) is 5.35. The predicted molar refractivity (Wildman–Crippen MR) is 89.1 cm³/mol. The normalized spacial score (nSPS) is 26.4. The Morgan fingerprint density at radius 1 is 1.20 bits per heavy atom. The topological polar surface area (TPSA) is 93.6 Å². The number of nitrogens with one attached hydrogen (secondary N) is 1. The smallest absolute Gasteiger partial charge is 0.278 e. The number of ether oxygens (including phenoxy) is 2. The maximum absolute atomic E-state index is 12.3. The number of likely N-dealkylation sites (tertiary alicyclic amines) is 1. The average Bonchev–Trinajstić information content (AvgIpc) is 2.96. The lowest BCUT2D eigenvalue weighted by Crippen LogP contribution is -2.42. The van der Waals surface area contributed by atoms with E-state index in [1.54, 1.807) is 24.3 Å². The van der Waals surface area contributed by atoms with E-state index in [4.69, 9.17) is 9.47 Å². The molecule has 1 aliphatic carbocycles. The van der Waals surface area contributed by atoms with E-state index in [1.165, 1.54) is 7.11 Å². The van der Waals surface area contributed by atoms with Gasteiger partial charge in [-0.15, -0.1) is 0 Å². The lowest BCUT2D eigenvalue weighted by molar-refractivity contribution is -0.128. The first-order valence-corrected chi connectivity index (χ1v) is 8.62. The van der Waals surface area contributed by atoms with E-state index in [-0.39, 0.29) is 29.9 Å². The highest BCUT2D eigenvalue weighted by atomic mass is 16.5. The Morgan fingerprint density at radius 2 is 1.88 bits per heavy atom. The molecule has 1 saturated heterocycles. The molecule has 25 heavy (non-hydrogen) atoms. The highest BCUT2D eigenvalue weighted by Gasteiger charge is 2.34. The number of hydrogen-bond donors (Lipinski definition) is 1. The van der Waals surface area contributed by atoms with Crippen LogP contribution in [-0.4, -0.2) is 59.5 Å². The van der Waals surface area contributed by atoms with Crippen LogP contribution in [0.5, 0.6) is 11.8 Å². The summed E-state index contributed by atoms with van der Waals surface area (Å²) in [5.41, 5.74) is 0. The maximum Gasteiger partial charge on any atom is 0.278 e. The van der Waals surface area contributed by atoms with Gasteiger partial charge in [-0.25, -0.2) is 9.97 Å². The van der Waals surface area contributed by atoms with Gasteiger partial charge in [-0.05, 0) is 25.7 Å². The van der Waals surface area contributed by atoms with Crippen LogP contribution in [0, 0.1) is 5.92 Å². The zero-order valence-electron chi connectivity index (χ0n) is 14.6. The van der Waals surface area contributed by atoms with Crippen molar-refractivity contribution < 1.29 is 19.1 Å². The van der Waals surface area contributed by atoms with Gasteiger partial charge in [0.2, 0.25) is 11.8 Å². The van der Waals surface area contributed by atoms with E-state index in [0.717, 1.165) is 25.7 Å². The molecule has 1 aliphatic heterocycles. The molecule has 0 bridgehead atoms. The minimum atomic E-state index is -0.227. The molecule has 2 fully saturated rings. The summed E-state index contributed by atoms with van der Waals surface area (Å²) in [6, 6.07) is 0.136. The summed E-state index contributed by atoms with van der Waals surface area (Å²) >= 11 is 0. The van der Waals surface area contributed by atoms with Crippen molar-refractivity contribution in [3.05, 3.63) is 12.4 Å². The van der Waals surface area contributed by atoms with Gasteiger partial charge in [0.25, 0.3) is 11.8 Å². The number of hydrogen-bond acceptors (Lipinski definition) is 6. The van der Waals surface area contributed by atoms with Crippen molar-refractivity contribution in [3.8, 4) is 11.8 Å². The van der Waals surface area contributed by atoms with Gasteiger partial charge in [0.05, 0.1) is 13.0 Å². The molecular weight excluding hydrogens is 324 g/mol. The van der Waals surface area contributed by atoms with Gasteiger partial charge in [-0.3, -0.25) is 9.59 Å². The number of rotatable bonds is 5. The lowest BCUT2D eigenvalue weighted by atomic mass is 9.92. The standard InChI is InChI=1S/C17H24N4O4/c1-21-10-11(9-14(21)22)15(23)20-12-3-5-13(6-4-12)25-17-16(24-2)18-7-8-19-17/h7-8,11-13H,3-6,9-10H2,1-2H3,(H,20,23). The molecule has 1 saturated carbocycles. The van der Waals surface area contributed by atoms with E-state index < -0.39 is 0 Å². The zero-order chi connectivity index (χ0) is 17.8. The molecule has 2 heterocycles. The van der Waals surface area contributed by atoms with Gasteiger partial charge < -0.3 is 19.7 Å². The number of aromatic nitrogens is 2. The van der Waals surface area contributed by atoms with Crippen molar-refractivity contribution >= 4 is 11.8 Å². The highest BCUT2D eigenvalue weighted by Crippen LogP contribution is 2.27. The van der Waals surface area contributed by atoms with Crippen LogP contribution >= 0.6 is 0 Å². The van der Waals surface area contributed by atoms with Crippen LogP contribution in [0.25, 0.3) is 0 Å². The van der Waals surface area contributed by atoms with Gasteiger partial charge >= 0.3 is 0 Å². The molecule has 1 N–H and O–H groups in total. The first-order chi connectivity index (χ1) is 12.1. The van der Waals surface area contributed by atoms with E-state index in [9.17, 15) is 9.59 Å². The Morgan fingerprint density at radius 3 is 2.48 bits per heavy atom. The first-order valence-electron chi connectivity index (χ1n) is 8.62. The predicted octanol–water partition coefficient (Wildman–Crippen LogP) is 0.770. The summed E-state index contributed by atoms with van der Waals surface area (Å²) in [7, 11) is 3.27. The second-order valence-corrected chi connectivity index (χ2v) is 6.65.